The Morgan fingerprint density at radius 3 is 2.86 bits per heavy atom. The maximum absolute atomic E-state index is 13.4. The van der Waals surface area contributed by atoms with Crippen molar-refractivity contribution >= 4 is 16.8 Å². The van der Waals surface area contributed by atoms with E-state index in [-0.39, 0.29) is 11.8 Å². The molecule has 1 aliphatic heterocycles. The average Bonchev–Trinajstić information content (AvgIpc) is 3.37. The standard InChI is InChI=1S/C23H22N4O2/c1-26-12-17(11-24-26)20-14-27(13-16-5-3-4-6-19(16)20)23(28)22-9-15-7-8-18(29-2)10-21(15)25-22/h3-12,20,25H,13-14H2,1-2H3/t20-/m1/s1. The second-order valence-electron chi connectivity index (χ2n) is 7.52. The van der Waals surface area contributed by atoms with Gasteiger partial charge in [0.05, 0.1) is 13.3 Å². The summed E-state index contributed by atoms with van der Waals surface area (Å²) in [6, 6.07) is 16.0. The lowest BCUT2D eigenvalue weighted by Crippen LogP contribution is -2.38. The normalized spacial score (nSPS) is 16.1. The van der Waals surface area contributed by atoms with Gasteiger partial charge in [-0.15, -0.1) is 0 Å². The van der Waals surface area contributed by atoms with Crippen LogP contribution in [-0.2, 0) is 13.6 Å². The van der Waals surface area contributed by atoms with Crippen molar-refractivity contribution in [2.24, 2.45) is 7.05 Å². The van der Waals surface area contributed by atoms with Gasteiger partial charge in [0.15, 0.2) is 0 Å². The minimum absolute atomic E-state index is 0.00330. The highest BCUT2D eigenvalue weighted by atomic mass is 16.5. The lowest BCUT2D eigenvalue weighted by molar-refractivity contribution is 0.0720. The fraction of sp³-hybridized carbons (Fsp3) is 0.217. The third-order valence-corrected chi connectivity index (χ3v) is 5.67. The van der Waals surface area contributed by atoms with E-state index in [0.717, 1.165) is 22.2 Å². The van der Waals surface area contributed by atoms with Gasteiger partial charge in [-0.25, -0.2) is 0 Å². The first-order valence-corrected chi connectivity index (χ1v) is 9.65. The molecule has 2 aromatic carbocycles. The molecule has 0 radical (unpaired) electrons. The molecule has 29 heavy (non-hydrogen) atoms. The third kappa shape index (κ3) is 3.06. The van der Waals surface area contributed by atoms with Crippen molar-refractivity contribution in [3.63, 3.8) is 0 Å². The van der Waals surface area contributed by atoms with Crippen LogP contribution in [0.15, 0.2) is 60.9 Å². The van der Waals surface area contributed by atoms with Gasteiger partial charge < -0.3 is 14.6 Å². The number of nitrogens with zero attached hydrogens (tertiary/aromatic N) is 3. The Kier molecular flexibility index (Phi) is 4.12. The Balaban J connectivity index is 1.50. The highest BCUT2D eigenvalue weighted by Gasteiger charge is 2.30. The molecule has 5 rings (SSSR count). The second kappa shape index (κ2) is 6.81. The quantitative estimate of drug-likeness (QED) is 0.584. The van der Waals surface area contributed by atoms with Gasteiger partial charge in [-0.3, -0.25) is 9.48 Å². The molecule has 0 saturated carbocycles. The van der Waals surface area contributed by atoms with Crippen molar-refractivity contribution in [3.05, 3.63) is 83.3 Å². The van der Waals surface area contributed by atoms with E-state index in [9.17, 15) is 4.79 Å². The monoisotopic (exact) mass is 386 g/mol. The lowest BCUT2D eigenvalue weighted by atomic mass is 9.86. The highest BCUT2D eigenvalue weighted by molar-refractivity contribution is 5.98. The van der Waals surface area contributed by atoms with Gasteiger partial charge in [0, 0.05) is 49.2 Å². The molecule has 0 saturated heterocycles. The number of aromatic amines is 1. The number of methoxy groups -OCH3 is 1. The van der Waals surface area contributed by atoms with E-state index in [4.69, 9.17) is 4.74 Å². The Labute approximate surface area is 168 Å². The Morgan fingerprint density at radius 2 is 2.07 bits per heavy atom. The van der Waals surface area contributed by atoms with Crippen LogP contribution >= 0.6 is 0 Å². The number of fused-ring (bicyclic) bond motifs is 2. The summed E-state index contributed by atoms with van der Waals surface area (Å²) in [5.41, 5.74) is 5.06. The van der Waals surface area contributed by atoms with Crippen molar-refractivity contribution in [2.45, 2.75) is 12.5 Å². The van der Waals surface area contributed by atoms with Gasteiger partial charge >= 0.3 is 0 Å². The zero-order valence-electron chi connectivity index (χ0n) is 16.4. The first-order chi connectivity index (χ1) is 14.1. The number of rotatable bonds is 3. The van der Waals surface area contributed by atoms with E-state index in [1.807, 2.05) is 59.4 Å². The molecule has 6 heteroatoms. The number of H-pyrrole nitrogens is 1. The maximum Gasteiger partial charge on any atom is 0.270 e. The number of aryl methyl sites for hydroxylation is 1. The number of carbonyl (C=O) groups is 1. The fourth-order valence-corrected chi connectivity index (χ4v) is 4.19. The molecule has 0 bridgehead atoms. The molecular formula is C23H22N4O2. The predicted octanol–water partition coefficient (Wildman–Crippen LogP) is 3.70. The molecule has 3 heterocycles. The van der Waals surface area contributed by atoms with Crippen molar-refractivity contribution in [1.82, 2.24) is 19.7 Å². The maximum atomic E-state index is 13.4. The summed E-state index contributed by atoms with van der Waals surface area (Å²) >= 11 is 0. The van der Waals surface area contributed by atoms with Crippen molar-refractivity contribution in [1.29, 1.82) is 0 Å². The zero-order valence-corrected chi connectivity index (χ0v) is 16.4. The first-order valence-electron chi connectivity index (χ1n) is 9.65. The predicted molar refractivity (Wildman–Crippen MR) is 111 cm³/mol. The summed E-state index contributed by atoms with van der Waals surface area (Å²) in [4.78, 5) is 18.5. The van der Waals surface area contributed by atoms with Crippen LogP contribution in [-0.4, -0.2) is 39.2 Å². The minimum Gasteiger partial charge on any atom is -0.497 e. The van der Waals surface area contributed by atoms with E-state index in [0.29, 0.717) is 18.8 Å². The number of benzene rings is 2. The van der Waals surface area contributed by atoms with Crippen LogP contribution in [0, 0.1) is 0 Å². The molecule has 1 aliphatic rings. The number of ether oxygens (including phenoxy) is 1. The summed E-state index contributed by atoms with van der Waals surface area (Å²) in [6.45, 7) is 1.23. The minimum atomic E-state index is 0.00330. The number of hydrogen-bond acceptors (Lipinski definition) is 3. The summed E-state index contributed by atoms with van der Waals surface area (Å²) in [5.74, 6) is 0.882. The van der Waals surface area contributed by atoms with E-state index < -0.39 is 0 Å². The van der Waals surface area contributed by atoms with Gasteiger partial charge in [-0.05, 0) is 34.9 Å². The Hall–Kier alpha value is -3.54. The smallest absolute Gasteiger partial charge is 0.270 e. The molecule has 146 valence electrons. The molecular weight excluding hydrogens is 364 g/mol. The fourth-order valence-electron chi connectivity index (χ4n) is 4.19. The van der Waals surface area contributed by atoms with Gasteiger partial charge in [-0.1, -0.05) is 24.3 Å². The van der Waals surface area contributed by atoms with E-state index in [1.165, 1.54) is 11.1 Å². The molecule has 0 spiro atoms. The third-order valence-electron chi connectivity index (χ3n) is 5.67. The van der Waals surface area contributed by atoms with Crippen LogP contribution in [0.4, 0.5) is 0 Å². The molecule has 4 aromatic rings. The van der Waals surface area contributed by atoms with Crippen LogP contribution in [0.1, 0.15) is 33.1 Å². The topological polar surface area (TPSA) is 63.1 Å². The summed E-state index contributed by atoms with van der Waals surface area (Å²) in [7, 11) is 3.56. The van der Waals surface area contributed by atoms with E-state index >= 15 is 0 Å². The molecule has 0 unspecified atom stereocenters. The highest BCUT2D eigenvalue weighted by Crippen LogP contribution is 2.34. The number of amides is 1. The molecule has 2 aromatic heterocycles. The van der Waals surface area contributed by atoms with Crippen LogP contribution in [0.2, 0.25) is 0 Å². The van der Waals surface area contributed by atoms with Gasteiger partial charge in [-0.2, -0.15) is 5.10 Å². The number of hydrogen-bond donors (Lipinski definition) is 1. The van der Waals surface area contributed by atoms with E-state index in [1.54, 1.807) is 7.11 Å². The van der Waals surface area contributed by atoms with Crippen LogP contribution in [0.5, 0.6) is 5.75 Å². The zero-order chi connectivity index (χ0) is 20.0. The molecule has 6 nitrogen and oxygen atoms in total. The summed E-state index contributed by atoms with van der Waals surface area (Å²) in [5, 5.41) is 5.33. The average molecular weight is 386 g/mol. The second-order valence-corrected chi connectivity index (χ2v) is 7.52. The number of aromatic nitrogens is 3. The van der Waals surface area contributed by atoms with Gasteiger partial charge in [0.25, 0.3) is 5.91 Å². The molecule has 1 atom stereocenters. The Morgan fingerprint density at radius 1 is 1.21 bits per heavy atom. The van der Waals surface area contributed by atoms with Crippen LogP contribution in [0.3, 0.4) is 0 Å². The molecule has 1 N–H and O–H groups in total. The molecule has 0 aliphatic carbocycles. The summed E-state index contributed by atoms with van der Waals surface area (Å²) in [6.07, 6.45) is 3.93. The van der Waals surface area contributed by atoms with Crippen LogP contribution in [0.25, 0.3) is 10.9 Å². The van der Waals surface area contributed by atoms with Crippen molar-refractivity contribution < 1.29 is 9.53 Å². The first kappa shape index (κ1) is 17.6. The Bertz CT molecular complexity index is 1210. The van der Waals surface area contributed by atoms with Gasteiger partial charge in [0.2, 0.25) is 0 Å². The number of carbonyl (C=O) groups excluding carboxylic acids is 1. The number of nitrogens with one attached hydrogen (secondary N) is 1. The molecule has 1 amide bonds. The summed E-state index contributed by atoms with van der Waals surface area (Å²) < 4.78 is 7.10. The molecule has 0 fully saturated rings. The van der Waals surface area contributed by atoms with Crippen molar-refractivity contribution in [3.8, 4) is 5.75 Å². The van der Waals surface area contributed by atoms with Crippen molar-refractivity contribution in [2.75, 3.05) is 13.7 Å². The lowest BCUT2D eigenvalue weighted by Gasteiger charge is -2.34. The van der Waals surface area contributed by atoms with Crippen LogP contribution < -0.4 is 4.74 Å². The SMILES string of the molecule is COc1ccc2cc(C(=O)N3Cc4ccccc4[C@@H](c4cnn(C)c4)C3)[nH]c2c1. The van der Waals surface area contributed by atoms with E-state index in [2.05, 4.69) is 28.3 Å². The largest absolute Gasteiger partial charge is 0.497 e. The van der Waals surface area contributed by atoms with Gasteiger partial charge in [0.1, 0.15) is 11.4 Å².